The van der Waals surface area contributed by atoms with Crippen molar-refractivity contribution in [2.75, 3.05) is 7.11 Å². The van der Waals surface area contributed by atoms with Crippen LogP contribution in [0, 0.1) is 0 Å². The number of rotatable bonds is 4. The average Bonchev–Trinajstić information content (AvgIpc) is 2.44. The number of hydrogen-bond acceptors (Lipinski definition) is 3. The number of methoxy groups -OCH3 is 1. The van der Waals surface area contributed by atoms with Crippen LogP contribution in [0.2, 0.25) is 0 Å². The van der Waals surface area contributed by atoms with Gasteiger partial charge in [0.15, 0.2) is 5.78 Å². The summed E-state index contributed by atoms with van der Waals surface area (Å²) < 4.78 is 7.54. The third-order valence-corrected chi connectivity index (χ3v) is 3.74. The number of ether oxygens (including phenoxy) is 1. The highest BCUT2D eigenvalue weighted by molar-refractivity contribution is 9.11. The lowest BCUT2D eigenvalue weighted by Crippen LogP contribution is -2.24. The zero-order valence-corrected chi connectivity index (χ0v) is 13.8. The van der Waals surface area contributed by atoms with Crippen LogP contribution in [0.4, 0.5) is 0 Å². The second kappa shape index (κ2) is 6.37. The quantitative estimate of drug-likeness (QED) is 0.740. The molecule has 6 heteroatoms. The van der Waals surface area contributed by atoms with E-state index in [1.165, 1.54) is 4.57 Å². The highest BCUT2D eigenvalue weighted by atomic mass is 79.9. The first-order valence-electron chi connectivity index (χ1n) is 5.74. The Morgan fingerprint density at radius 3 is 2.50 bits per heavy atom. The molecule has 0 aliphatic heterocycles. The number of Topliss-reactive ketones (excluding diaryl/α,β-unsaturated/α-hetero) is 1. The van der Waals surface area contributed by atoms with Crippen molar-refractivity contribution in [3.05, 3.63) is 61.4 Å². The molecule has 0 saturated heterocycles. The van der Waals surface area contributed by atoms with Gasteiger partial charge in [-0.15, -0.1) is 0 Å². The van der Waals surface area contributed by atoms with Gasteiger partial charge in [-0.1, -0.05) is 0 Å². The number of aromatic nitrogens is 1. The van der Waals surface area contributed by atoms with Gasteiger partial charge in [-0.2, -0.15) is 0 Å². The third-order valence-electron chi connectivity index (χ3n) is 2.73. The van der Waals surface area contributed by atoms with Crippen LogP contribution >= 0.6 is 31.9 Å². The average molecular weight is 401 g/mol. The third kappa shape index (κ3) is 3.37. The number of nitrogens with zero attached hydrogens (tertiary/aromatic N) is 1. The van der Waals surface area contributed by atoms with Crippen molar-refractivity contribution in [1.82, 2.24) is 4.57 Å². The molecule has 0 spiro atoms. The molecule has 1 aromatic heterocycles. The fourth-order valence-corrected chi connectivity index (χ4v) is 2.96. The number of benzene rings is 1. The van der Waals surface area contributed by atoms with Crippen molar-refractivity contribution in [2.45, 2.75) is 6.54 Å². The maximum atomic E-state index is 12.2. The summed E-state index contributed by atoms with van der Waals surface area (Å²) in [6.45, 7) is -0.0107. The van der Waals surface area contributed by atoms with E-state index in [4.69, 9.17) is 4.74 Å². The van der Waals surface area contributed by atoms with E-state index in [1.807, 2.05) is 0 Å². The van der Waals surface area contributed by atoms with E-state index in [0.717, 1.165) is 4.47 Å². The molecule has 4 nitrogen and oxygen atoms in total. The standard InChI is InChI=1S/C14H11Br2NO3/c1-20-11-4-2-9(3-5-11)13(18)8-17-7-10(15)6-12(16)14(17)19/h2-7H,8H2,1H3. The van der Waals surface area contributed by atoms with Crippen molar-refractivity contribution >= 4 is 37.6 Å². The Bertz CT molecular complexity index is 693. The predicted molar refractivity (Wildman–Crippen MR) is 83.4 cm³/mol. The summed E-state index contributed by atoms with van der Waals surface area (Å²) in [4.78, 5) is 24.1. The molecular weight excluding hydrogens is 390 g/mol. The van der Waals surface area contributed by atoms with Crippen LogP contribution in [-0.2, 0) is 6.54 Å². The number of ketones is 1. The molecule has 0 amide bonds. The van der Waals surface area contributed by atoms with Gasteiger partial charge in [0.25, 0.3) is 5.56 Å². The summed E-state index contributed by atoms with van der Waals surface area (Å²) in [5.74, 6) is 0.545. The molecule has 0 aliphatic rings. The summed E-state index contributed by atoms with van der Waals surface area (Å²) in [6.07, 6.45) is 1.59. The molecule has 0 atom stereocenters. The second-order valence-corrected chi connectivity index (χ2v) is 5.86. The fraction of sp³-hybridized carbons (Fsp3) is 0.143. The Morgan fingerprint density at radius 1 is 1.25 bits per heavy atom. The van der Waals surface area contributed by atoms with Gasteiger partial charge in [-0.25, -0.2) is 0 Å². The van der Waals surface area contributed by atoms with Crippen molar-refractivity contribution in [1.29, 1.82) is 0 Å². The first kappa shape index (κ1) is 15.0. The van der Waals surface area contributed by atoms with Crippen molar-refractivity contribution in [2.24, 2.45) is 0 Å². The summed E-state index contributed by atoms with van der Waals surface area (Å²) in [6, 6.07) is 8.44. The molecule has 20 heavy (non-hydrogen) atoms. The highest BCUT2D eigenvalue weighted by Crippen LogP contribution is 2.15. The van der Waals surface area contributed by atoms with Gasteiger partial charge in [0.1, 0.15) is 5.75 Å². The van der Waals surface area contributed by atoms with Crippen LogP contribution < -0.4 is 10.3 Å². The molecule has 0 aliphatic carbocycles. The number of carbonyl (C=O) groups excluding carboxylic acids is 1. The van der Waals surface area contributed by atoms with Gasteiger partial charge >= 0.3 is 0 Å². The van der Waals surface area contributed by atoms with E-state index in [2.05, 4.69) is 31.9 Å². The van der Waals surface area contributed by atoms with E-state index in [0.29, 0.717) is 15.8 Å². The van der Waals surface area contributed by atoms with Gasteiger partial charge in [0.05, 0.1) is 18.1 Å². The van der Waals surface area contributed by atoms with Crippen molar-refractivity contribution < 1.29 is 9.53 Å². The minimum atomic E-state index is -0.241. The summed E-state index contributed by atoms with van der Waals surface area (Å²) in [7, 11) is 1.56. The maximum Gasteiger partial charge on any atom is 0.265 e. The maximum absolute atomic E-state index is 12.2. The Labute approximate surface area is 132 Å². The number of halogens is 2. The Balaban J connectivity index is 2.25. The highest BCUT2D eigenvalue weighted by Gasteiger charge is 2.10. The first-order chi connectivity index (χ1) is 9.51. The molecule has 0 bridgehead atoms. The molecule has 1 heterocycles. The zero-order valence-electron chi connectivity index (χ0n) is 10.6. The van der Waals surface area contributed by atoms with E-state index in [1.54, 1.807) is 43.6 Å². The summed E-state index contributed by atoms with van der Waals surface area (Å²) in [5, 5.41) is 0. The van der Waals surface area contributed by atoms with Crippen LogP contribution in [-0.4, -0.2) is 17.5 Å². The van der Waals surface area contributed by atoms with Crippen molar-refractivity contribution in [3.63, 3.8) is 0 Å². The lowest BCUT2D eigenvalue weighted by atomic mass is 10.1. The SMILES string of the molecule is COc1ccc(C(=O)Cn2cc(Br)cc(Br)c2=O)cc1. The smallest absolute Gasteiger partial charge is 0.265 e. The molecule has 1 aromatic carbocycles. The van der Waals surface area contributed by atoms with E-state index >= 15 is 0 Å². The molecular formula is C14H11Br2NO3. The zero-order chi connectivity index (χ0) is 14.7. The predicted octanol–water partition coefficient (Wildman–Crippen LogP) is 3.26. The van der Waals surface area contributed by atoms with Gasteiger partial charge in [-0.05, 0) is 62.2 Å². The normalized spacial score (nSPS) is 10.3. The largest absolute Gasteiger partial charge is 0.497 e. The topological polar surface area (TPSA) is 48.3 Å². The lowest BCUT2D eigenvalue weighted by Gasteiger charge is -2.07. The van der Waals surface area contributed by atoms with Gasteiger partial charge in [0, 0.05) is 16.2 Å². The van der Waals surface area contributed by atoms with Crippen LogP contribution in [0.5, 0.6) is 5.75 Å². The Kier molecular flexibility index (Phi) is 4.77. The molecule has 0 unspecified atom stereocenters. The first-order valence-corrected chi connectivity index (χ1v) is 7.32. The number of carbonyl (C=O) groups is 1. The molecule has 2 rings (SSSR count). The summed E-state index contributed by atoms with van der Waals surface area (Å²) in [5.41, 5.74) is 0.295. The van der Waals surface area contributed by atoms with E-state index < -0.39 is 0 Å². The fourth-order valence-electron chi connectivity index (χ4n) is 1.71. The molecule has 0 radical (unpaired) electrons. The van der Waals surface area contributed by atoms with E-state index in [-0.39, 0.29) is 17.9 Å². The molecule has 2 aromatic rings. The Morgan fingerprint density at radius 2 is 1.90 bits per heavy atom. The summed E-state index contributed by atoms with van der Waals surface area (Å²) >= 11 is 6.47. The molecule has 0 N–H and O–H groups in total. The van der Waals surface area contributed by atoms with Crippen LogP contribution in [0.15, 0.2) is 50.3 Å². The van der Waals surface area contributed by atoms with Gasteiger partial charge in [0.2, 0.25) is 0 Å². The van der Waals surface area contributed by atoms with Crippen LogP contribution in [0.25, 0.3) is 0 Å². The van der Waals surface area contributed by atoms with Crippen molar-refractivity contribution in [3.8, 4) is 5.75 Å². The van der Waals surface area contributed by atoms with Crippen LogP contribution in [0.1, 0.15) is 10.4 Å². The minimum absolute atomic E-state index is 0.0107. The molecule has 104 valence electrons. The monoisotopic (exact) mass is 399 g/mol. The molecule has 0 saturated carbocycles. The second-order valence-electron chi connectivity index (χ2n) is 4.09. The van der Waals surface area contributed by atoms with Gasteiger partial charge in [-0.3, -0.25) is 9.59 Å². The molecule has 0 fully saturated rings. The van der Waals surface area contributed by atoms with Gasteiger partial charge < -0.3 is 9.30 Å². The Hall–Kier alpha value is -1.40. The van der Waals surface area contributed by atoms with E-state index in [9.17, 15) is 9.59 Å². The lowest BCUT2D eigenvalue weighted by molar-refractivity contribution is 0.0970. The number of pyridine rings is 1. The van der Waals surface area contributed by atoms with Crippen LogP contribution in [0.3, 0.4) is 0 Å². The number of hydrogen-bond donors (Lipinski definition) is 0. The minimum Gasteiger partial charge on any atom is -0.497 e.